The highest BCUT2D eigenvalue weighted by Crippen LogP contribution is 2.29. The highest BCUT2D eigenvalue weighted by Gasteiger charge is 2.28. The van der Waals surface area contributed by atoms with Gasteiger partial charge in [-0.05, 0) is 46.8 Å². The van der Waals surface area contributed by atoms with E-state index < -0.39 is 10.2 Å². The summed E-state index contributed by atoms with van der Waals surface area (Å²) < 4.78 is 34.6. The first-order chi connectivity index (χ1) is 9.96. The van der Waals surface area contributed by atoms with Gasteiger partial charge in [0.15, 0.2) is 0 Å². The number of piperidine rings is 1. The molecule has 1 saturated heterocycles. The molecule has 1 aliphatic rings. The molecule has 118 valence electrons. The number of methoxy groups -OCH3 is 1. The van der Waals surface area contributed by atoms with Crippen molar-refractivity contribution in [2.24, 2.45) is 5.92 Å². The molecule has 0 bridgehead atoms. The first-order valence-corrected chi connectivity index (χ1v) is 8.92. The highest BCUT2D eigenvalue weighted by atomic mass is 79.9. The maximum Gasteiger partial charge on any atom is 0.301 e. The van der Waals surface area contributed by atoms with Crippen LogP contribution in [0.15, 0.2) is 22.7 Å². The zero-order valence-corrected chi connectivity index (χ0v) is 14.2. The van der Waals surface area contributed by atoms with Crippen LogP contribution in [0.5, 0.6) is 5.75 Å². The van der Waals surface area contributed by atoms with E-state index >= 15 is 0 Å². The van der Waals surface area contributed by atoms with Gasteiger partial charge in [-0.1, -0.05) is 0 Å². The Balaban J connectivity index is 2.13. The summed E-state index contributed by atoms with van der Waals surface area (Å²) in [6, 6.07) is 5.01. The Bertz CT molecular complexity index is 594. The van der Waals surface area contributed by atoms with E-state index in [1.807, 2.05) is 0 Å². The molecule has 0 saturated carbocycles. The molecule has 0 spiro atoms. The normalized spacial score (nSPS) is 20.2. The van der Waals surface area contributed by atoms with E-state index in [1.54, 1.807) is 18.2 Å². The molecular formula is C13H19BrN2O4S. The molecule has 1 aromatic carbocycles. The number of nitrogens with zero attached hydrogens (tertiary/aromatic N) is 1. The summed E-state index contributed by atoms with van der Waals surface area (Å²) in [5, 5.41) is 9.20. The number of anilines is 1. The lowest BCUT2D eigenvalue weighted by Gasteiger charge is -2.31. The van der Waals surface area contributed by atoms with E-state index in [1.165, 1.54) is 11.4 Å². The molecule has 1 aliphatic heterocycles. The van der Waals surface area contributed by atoms with Gasteiger partial charge in [-0.2, -0.15) is 12.7 Å². The van der Waals surface area contributed by atoms with E-state index in [2.05, 4.69) is 20.7 Å². The maximum atomic E-state index is 12.4. The standard InChI is InChI=1S/C13H19BrN2O4S/c1-20-13-7-11(4-5-12(13)14)15-21(18,19)16-6-2-3-10(8-16)9-17/h4-5,7,10,15,17H,2-3,6,8-9H2,1H3. The number of hydrogen-bond donors (Lipinski definition) is 2. The van der Waals surface area contributed by atoms with Crippen LogP contribution in [-0.2, 0) is 10.2 Å². The number of halogens is 1. The molecule has 21 heavy (non-hydrogen) atoms. The summed E-state index contributed by atoms with van der Waals surface area (Å²) >= 11 is 3.32. The van der Waals surface area contributed by atoms with E-state index in [-0.39, 0.29) is 12.5 Å². The fourth-order valence-corrected chi connectivity index (χ4v) is 4.07. The Hall–Kier alpha value is -0.830. The Morgan fingerprint density at radius 2 is 2.29 bits per heavy atom. The van der Waals surface area contributed by atoms with Crippen LogP contribution < -0.4 is 9.46 Å². The van der Waals surface area contributed by atoms with Gasteiger partial charge in [0.2, 0.25) is 0 Å². The van der Waals surface area contributed by atoms with Crippen LogP contribution >= 0.6 is 15.9 Å². The summed E-state index contributed by atoms with van der Waals surface area (Å²) in [5.41, 5.74) is 0.446. The molecule has 1 aromatic rings. The van der Waals surface area contributed by atoms with Crippen molar-refractivity contribution in [3.8, 4) is 5.75 Å². The van der Waals surface area contributed by atoms with Crippen molar-refractivity contribution >= 4 is 31.8 Å². The van der Waals surface area contributed by atoms with Crippen molar-refractivity contribution in [3.63, 3.8) is 0 Å². The minimum absolute atomic E-state index is 0.00905. The van der Waals surface area contributed by atoms with Gasteiger partial charge in [-0.3, -0.25) is 4.72 Å². The predicted molar refractivity (Wildman–Crippen MR) is 84.6 cm³/mol. The van der Waals surface area contributed by atoms with Crippen LogP contribution in [0.4, 0.5) is 5.69 Å². The van der Waals surface area contributed by atoms with Gasteiger partial charge in [-0.25, -0.2) is 0 Å². The molecule has 1 heterocycles. The number of nitrogens with one attached hydrogen (secondary N) is 1. The number of hydrogen-bond acceptors (Lipinski definition) is 4. The van der Waals surface area contributed by atoms with Gasteiger partial charge in [0.05, 0.1) is 17.3 Å². The molecule has 0 amide bonds. The van der Waals surface area contributed by atoms with Crippen LogP contribution in [-0.4, -0.2) is 44.6 Å². The quantitative estimate of drug-likeness (QED) is 0.818. The van der Waals surface area contributed by atoms with Crippen molar-refractivity contribution in [1.29, 1.82) is 0 Å². The third kappa shape index (κ3) is 4.09. The zero-order chi connectivity index (χ0) is 15.5. The number of benzene rings is 1. The van der Waals surface area contributed by atoms with E-state index in [0.29, 0.717) is 24.5 Å². The average Bonchev–Trinajstić information content (AvgIpc) is 2.49. The van der Waals surface area contributed by atoms with E-state index in [4.69, 9.17) is 4.74 Å². The molecular weight excluding hydrogens is 360 g/mol. The second-order valence-corrected chi connectivity index (χ2v) is 7.53. The number of rotatable bonds is 5. The molecule has 6 nitrogen and oxygen atoms in total. The van der Waals surface area contributed by atoms with Crippen LogP contribution in [0.2, 0.25) is 0 Å². The monoisotopic (exact) mass is 378 g/mol. The Morgan fingerprint density at radius 1 is 1.52 bits per heavy atom. The molecule has 2 N–H and O–H groups in total. The van der Waals surface area contributed by atoms with Crippen molar-refractivity contribution < 1.29 is 18.3 Å². The summed E-state index contributed by atoms with van der Waals surface area (Å²) in [6.45, 7) is 0.830. The summed E-state index contributed by atoms with van der Waals surface area (Å²) in [6.07, 6.45) is 1.62. The zero-order valence-electron chi connectivity index (χ0n) is 11.8. The molecule has 0 aliphatic carbocycles. The van der Waals surface area contributed by atoms with Crippen LogP contribution in [0.25, 0.3) is 0 Å². The summed E-state index contributed by atoms with van der Waals surface area (Å²) in [5.74, 6) is 0.567. The summed E-state index contributed by atoms with van der Waals surface area (Å²) in [4.78, 5) is 0. The van der Waals surface area contributed by atoms with E-state index in [9.17, 15) is 13.5 Å². The maximum absolute atomic E-state index is 12.4. The molecule has 1 atom stereocenters. The van der Waals surface area contributed by atoms with Crippen molar-refractivity contribution in [3.05, 3.63) is 22.7 Å². The first kappa shape index (κ1) is 16.5. The first-order valence-electron chi connectivity index (χ1n) is 6.68. The Labute approximate surface area is 133 Å². The highest BCUT2D eigenvalue weighted by molar-refractivity contribution is 9.10. The second-order valence-electron chi connectivity index (χ2n) is 5.01. The molecule has 2 rings (SSSR count). The third-order valence-corrected chi connectivity index (χ3v) is 5.64. The molecule has 1 fully saturated rings. The minimum Gasteiger partial charge on any atom is -0.495 e. The predicted octanol–water partition coefficient (Wildman–Crippen LogP) is 1.82. The lowest BCUT2D eigenvalue weighted by atomic mass is 10.0. The lowest BCUT2D eigenvalue weighted by Crippen LogP contribution is -2.43. The Kier molecular flexibility index (Phi) is 5.48. The number of aliphatic hydroxyl groups is 1. The van der Waals surface area contributed by atoms with Crippen molar-refractivity contribution in [2.75, 3.05) is 31.5 Å². The Morgan fingerprint density at radius 3 is 2.95 bits per heavy atom. The minimum atomic E-state index is -3.62. The van der Waals surface area contributed by atoms with Gasteiger partial charge >= 0.3 is 10.2 Å². The second kappa shape index (κ2) is 6.95. The van der Waals surface area contributed by atoms with Gasteiger partial charge in [-0.15, -0.1) is 0 Å². The smallest absolute Gasteiger partial charge is 0.301 e. The average molecular weight is 379 g/mol. The largest absolute Gasteiger partial charge is 0.495 e. The van der Waals surface area contributed by atoms with Gasteiger partial charge in [0.25, 0.3) is 0 Å². The van der Waals surface area contributed by atoms with Crippen LogP contribution in [0.3, 0.4) is 0 Å². The lowest BCUT2D eigenvalue weighted by molar-refractivity contribution is 0.166. The van der Waals surface area contributed by atoms with Crippen LogP contribution in [0, 0.1) is 5.92 Å². The fraction of sp³-hybridized carbons (Fsp3) is 0.538. The van der Waals surface area contributed by atoms with Crippen molar-refractivity contribution in [2.45, 2.75) is 12.8 Å². The number of aliphatic hydroxyl groups excluding tert-OH is 1. The van der Waals surface area contributed by atoms with Gasteiger partial charge in [0.1, 0.15) is 5.75 Å². The third-order valence-electron chi connectivity index (χ3n) is 3.48. The molecule has 0 radical (unpaired) electrons. The fourth-order valence-electron chi connectivity index (χ4n) is 2.33. The van der Waals surface area contributed by atoms with Crippen molar-refractivity contribution in [1.82, 2.24) is 4.31 Å². The molecule has 1 unspecified atom stereocenters. The van der Waals surface area contributed by atoms with E-state index in [0.717, 1.165) is 17.3 Å². The SMILES string of the molecule is COc1cc(NS(=O)(=O)N2CCCC(CO)C2)ccc1Br. The number of ether oxygens (including phenoxy) is 1. The molecule has 8 heteroatoms. The van der Waals surface area contributed by atoms with Gasteiger partial charge < -0.3 is 9.84 Å². The van der Waals surface area contributed by atoms with Crippen LogP contribution in [0.1, 0.15) is 12.8 Å². The molecule has 0 aromatic heterocycles. The van der Waals surface area contributed by atoms with Gasteiger partial charge in [0, 0.05) is 25.8 Å². The summed E-state index contributed by atoms with van der Waals surface area (Å²) in [7, 11) is -2.09. The topological polar surface area (TPSA) is 78.9 Å².